The van der Waals surface area contributed by atoms with Gasteiger partial charge in [0.25, 0.3) is 0 Å². The molecule has 0 aliphatic heterocycles. The van der Waals surface area contributed by atoms with Gasteiger partial charge in [-0.1, -0.05) is 0 Å². The van der Waals surface area contributed by atoms with Gasteiger partial charge in [0, 0.05) is 12.7 Å². The van der Waals surface area contributed by atoms with Gasteiger partial charge in [0.05, 0.1) is 7.11 Å². The van der Waals surface area contributed by atoms with Crippen LogP contribution in [0.3, 0.4) is 0 Å². The van der Waals surface area contributed by atoms with Crippen molar-refractivity contribution in [2.75, 3.05) is 13.7 Å². The first-order valence-electron chi connectivity index (χ1n) is 4.66. The first-order valence-corrected chi connectivity index (χ1v) is 4.66. The van der Waals surface area contributed by atoms with Gasteiger partial charge >= 0.3 is 0 Å². The van der Waals surface area contributed by atoms with Crippen LogP contribution in [0.4, 0.5) is 0 Å². The Morgan fingerprint density at radius 1 is 1.36 bits per heavy atom. The standard InChI is InChI=1S/C11H16O3/c1-8-6-9(4-3-5-12)10(13)7-11(8)14-2/h6-7,12-13H,3-5H2,1-2H3. The number of aliphatic hydroxyl groups excluding tert-OH is 1. The van der Waals surface area contributed by atoms with Crippen molar-refractivity contribution >= 4 is 0 Å². The lowest BCUT2D eigenvalue weighted by Crippen LogP contribution is -1.93. The molecular weight excluding hydrogens is 180 g/mol. The normalized spacial score (nSPS) is 10.2. The molecule has 2 N–H and O–H groups in total. The third-order valence-electron chi connectivity index (χ3n) is 2.20. The van der Waals surface area contributed by atoms with E-state index in [1.165, 1.54) is 0 Å². The summed E-state index contributed by atoms with van der Waals surface area (Å²) in [5.41, 5.74) is 1.86. The molecule has 0 unspecified atom stereocenters. The quantitative estimate of drug-likeness (QED) is 0.769. The van der Waals surface area contributed by atoms with E-state index >= 15 is 0 Å². The summed E-state index contributed by atoms with van der Waals surface area (Å²) >= 11 is 0. The highest BCUT2D eigenvalue weighted by atomic mass is 16.5. The zero-order valence-electron chi connectivity index (χ0n) is 8.58. The summed E-state index contributed by atoms with van der Waals surface area (Å²) < 4.78 is 5.08. The smallest absolute Gasteiger partial charge is 0.125 e. The van der Waals surface area contributed by atoms with Crippen molar-refractivity contribution in [3.63, 3.8) is 0 Å². The number of aliphatic hydroxyl groups is 1. The number of ether oxygens (including phenoxy) is 1. The second kappa shape index (κ2) is 4.86. The fourth-order valence-electron chi connectivity index (χ4n) is 1.43. The number of phenolic OH excluding ortho intramolecular Hbond substituents is 1. The predicted molar refractivity (Wildman–Crippen MR) is 54.8 cm³/mol. The van der Waals surface area contributed by atoms with E-state index in [0.717, 1.165) is 11.1 Å². The van der Waals surface area contributed by atoms with Crippen molar-refractivity contribution in [1.82, 2.24) is 0 Å². The van der Waals surface area contributed by atoms with Crippen LogP contribution in [0.5, 0.6) is 11.5 Å². The minimum Gasteiger partial charge on any atom is -0.508 e. The van der Waals surface area contributed by atoms with E-state index in [-0.39, 0.29) is 12.4 Å². The molecule has 0 heterocycles. The maximum absolute atomic E-state index is 9.61. The highest BCUT2D eigenvalue weighted by Crippen LogP contribution is 2.28. The van der Waals surface area contributed by atoms with Crippen LogP contribution in [-0.2, 0) is 6.42 Å². The molecule has 0 fully saturated rings. The third kappa shape index (κ3) is 2.39. The number of methoxy groups -OCH3 is 1. The van der Waals surface area contributed by atoms with Crippen molar-refractivity contribution in [2.24, 2.45) is 0 Å². The van der Waals surface area contributed by atoms with Gasteiger partial charge in [-0.3, -0.25) is 0 Å². The summed E-state index contributed by atoms with van der Waals surface area (Å²) in [6.45, 7) is 2.07. The van der Waals surface area contributed by atoms with Gasteiger partial charge in [0.15, 0.2) is 0 Å². The Labute approximate surface area is 84.0 Å². The number of aromatic hydroxyl groups is 1. The van der Waals surface area contributed by atoms with Crippen LogP contribution < -0.4 is 4.74 Å². The minimum atomic E-state index is 0.143. The fourth-order valence-corrected chi connectivity index (χ4v) is 1.43. The highest BCUT2D eigenvalue weighted by Gasteiger charge is 2.06. The van der Waals surface area contributed by atoms with E-state index in [1.807, 2.05) is 13.0 Å². The molecule has 1 rings (SSSR count). The van der Waals surface area contributed by atoms with Crippen molar-refractivity contribution in [3.05, 3.63) is 23.3 Å². The lowest BCUT2D eigenvalue weighted by atomic mass is 10.1. The molecule has 0 aliphatic carbocycles. The van der Waals surface area contributed by atoms with Gasteiger partial charge in [-0.2, -0.15) is 0 Å². The highest BCUT2D eigenvalue weighted by molar-refractivity contribution is 5.45. The van der Waals surface area contributed by atoms with Gasteiger partial charge in [-0.05, 0) is 37.0 Å². The van der Waals surface area contributed by atoms with Crippen LogP contribution in [0, 0.1) is 6.92 Å². The summed E-state index contributed by atoms with van der Waals surface area (Å²) in [7, 11) is 1.58. The summed E-state index contributed by atoms with van der Waals surface area (Å²) in [4.78, 5) is 0. The molecule has 3 heteroatoms. The van der Waals surface area contributed by atoms with Crippen molar-refractivity contribution < 1.29 is 14.9 Å². The second-order valence-electron chi connectivity index (χ2n) is 3.28. The van der Waals surface area contributed by atoms with Crippen molar-refractivity contribution in [2.45, 2.75) is 19.8 Å². The number of rotatable bonds is 4. The van der Waals surface area contributed by atoms with E-state index in [9.17, 15) is 5.11 Å². The Kier molecular flexibility index (Phi) is 3.77. The molecule has 78 valence electrons. The Morgan fingerprint density at radius 3 is 2.64 bits per heavy atom. The van der Waals surface area contributed by atoms with Gasteiger partial charge in [0.2, 0.25) is 0 Å². The van der Waals surface area contributed by atoms with Crippen LogP contribution in [0.15, 0.2) is 12.1 Å². The van der Waals surface area contributed by atoms with Crippen molar-refractivity contribution in [1.29, 1.82) is 0 Å². The molecule has 1 aromatic rings. The minimum absolute atomic E-state index is 0.143. The lowest BCUT2D eigenvalue weighted by Gasteiger charge is -2.09. The molecule has 3 nitrogen and oxygen atoms in total. The molecule has 14 heavy (non-hydrogen) atoms. The molecule has 0 bridgehead atoms. The summed E-state index contributed by atoms with van der Waals surface area (Å²) in [5, 5.41) is 18.3. The number of benzene rings is 1. The largest absolute Gasteiger partial charge is 0.508 e. The zero-order valence-corrected chi connectivity index (χ0v) is 8.58. The van der Waals surface area contributed by atoms with Gasteiger partial charge in [-0.25, -0.2) is 0 Å². The summed E-state index contributed by atoms with van der Waals surface area (Å²) in [5.74, 6) is 0.927. The molecular formula is C11H16O3. The average Bonchev–Trinajstić information content (AvgIpc) is 2.18. The Balaban J connectivity index is 2.90. The third-order valence-corrected chi connectivity index (χ3v) is 2.20. The Hall–Kier alpha value is -1.22. The van der Waals surface area contributed by atoms with Crippen LogP contribution in [0.1, 0.15) is 17.5 Å². The van der Waals surface area contributed by atoms with E-state index in [4.69, 9.17) is 9.84 Å². The molecule has 1 aromatic carbocycles. The van der Waals surface area contributed by atoms with Gasteiger partial charge < -0.3 is 14.9 Å². The zero-order chi connectivity index (χ0) is 10.6. The van der Waals surface area contributed by atoms with Crippen molar-refractivity contribution in [3.8, 4) is 11.5 Å². The van der Waals surface area contributed by atoms with Gasteiger partial charge in [-0.15, -0.1) is 0 Å². The molecule has 0 saturated carbocycles. The molecule has 0 saturated heterocycles. The van der Waals surface area contributed by atoms with E-state index in [1.54, 1.807) is 13.2 Å². The van der Waals surface area contributed by atoms with Gasteiger partial charge in [0.1, 0.15) is 11.5 Å². The van der Waals surface area contributed by atoms with Crippen LogP contribution in [0.25, 0.3) is 0 Å². The first kappa shape index (κ1) is 10.9. The maximum Gasteiger partial charge on any atom is 0.125 e. The summed E-state index contributed by atoms with van der Waals surface area (Å²) in [6, 6.07) is 3.51. The van der Waals surface area contributed by atoms with E-state index < -0.39 is 0 Å². The Bertz CT molecular complexity index is 308. The van der Waals surface area contributed by atoms with E-state index in [0.29, 0.717) is 18.6 Å². The average molecular weight is 196 g/mol. The number of hydrogen-bond acceptors (Lipinski definition) is 3. The SMILES string of the molecule is COc1cc(O)c(CCCO)cc1C. The van der Waals surface area contributed by atoms with Crippen LogP contribution >= 0.6 is 0 Å². The predicted octanol–water partition coefficient (Wildman–Crippen LogP) is 1.63. The fraction of sp³-hybridized carbons (Fsp3) is 0.455. The maximum atomic E-state index is 9.61. The number of aryl methyl sites for hydroxylation is 2. The monoisotopic (exact) mass is 196 g/mol. The molecule has 0 spiro atoms. The number of hydrogen-bond donors (Lipinski definition) is 2. The second-order valence-corrected chi connectivity index (χ2v) is 3.28. The molecule has 0 atom stereocenters. The molecule has 0 amide bonds. The van der Waals surface area contributed by atoms with Crippen LogP contribution in [-0.4, -0.2) is 23.9 Å². The molecule has 0 aromatic heterocycles. The number of phenols is 1. The topological polar surface area (TPSA) is 49.7 Å². The van der Waals surface area contributed by atoms with E-state index in [2.05, 4.69) is 0 Å². The lowest BCUT2D eigenvalue weighted by molar-refractivity contribution is 0.288. The first-order chi connectivity index (χ1) is 6.69. The molecule has 0 radical (unpaired) electrons. The summed E-state index contributed by atoms with van der Waals surface area (Å²) in [6.07, 6.45) is 1.35. The molecule has 0 aliphatic rings. The van der Waals surface area contributed by atoms with Crippen LogP contribution in [0.2, 0.25) is 0 Å². The Morgan fingerprint density at radius 2 is 2.07 bits per heavy atom.